The second-order valence-corrected chi connectivity index (χ2v) is 6.40. The lowest BCUT2D eigenvalue weighted by molar-refractivity contribution is -0.0511. The minimum absolute atomic E-state index is 0.132. The van der Waals surface area contributed by atoms with Crippen LogP contribution < -0.4 is 14.8 Å². The van der Waals surface area contributed by atoms with Gasteiger partial charge in [0.05, 0.1) is 48.6 Å². The van der Waals surface area contributed by atoms with Crippen LogP contribution in [0, 0.1) is 12.7 Å². The smallest absolute Gasteiger partial charge is 0.387 e. The maximum absolute atomic E-state index is 13.2. The van der Waals surface area contributed by atoms with Crippen molar-refractivity contribution in [2.75, 3.05) is 19.5 Å². The number of hydrogen-bond acceptors (Lipinski definition) is 6. The summed E-state index contributed by atoms with van der Waals surface area (Å²) in [6, 6.07) is 7.64. The number of rotatable bonds is 7. The molecule has 0 atom stereocenters. The van der Waals surface area contributed by atoms with Gasteiger partial charge < -0.3 is 19.5 Å². The molecule has 1 aromatic heterocycles. The van der Waals surface area contributed by atoms with Crippen LogP contribution in [0.2, 0.25) is 0 Å². The van der Waals surface area contributed by atoms with E-state index in [0.717, 1.165) is 19.2 Å². The van der Waals surface area contributed by atoms with Gasteiger partial charge in [-0.1, -0.05) is 0 Å². The van der Waals surface area contributed by atoms with Gasteiger partial charge in [0.2, 0.25) is 0 Å². The molecule has 0 radical (unpaired) electrons. The van der Waals surface area contributed by atoms with Crippen molar-refractivity contribution in [2.24, 2.45) is 0 Å². The summed E-state index contributed by atoms with van der Waals surface area (Å²) in [5.74, 6) is -2.46. The number of aromatic nitrogens is 2. The molecular weight excluding hydrogens is 431 g/mol. The molecular formula is C21H18F3N3O5. The number of methoxy groups -OCH3 is 2. The second-order valence-electron chi connectivity index (χ2n) is 6.40. The third kappa shape index (κ3) is 4.66. The van der Waals surface area contributed by atoms with Crippen molar-refractivity contribution in [3.8, 4) is 17.2 Å². The van der Waals surface area contributed by atoms with Gasteiger partial charge in [-0.05, 0) is 31.2 Å². The first-order chi connectivity index (χ1) is 15.2. The van der Waals surface area contributed by atoms with Crippen molar-refractivity contribution in [2.45, 2.75) is 13.5 Å². The molecule has 0 aliphatic carbocycles. The Bertz CT molecular complexity index is 1150. The summed E-state index contributed by atoms with van der Waals surface area (Å²) < 4.78 is 54.3. The highest BCUT2D eigenvalue weighted by atomic mass is 19.3. The fourth-order valence-electron chi connectivity index (χ4n) is 2.95. The SMILES string of the molecule is COC(=O)c1cc(OC)c(OC(F)F)cc1NC(=O)c1cnn(-c2ccc(F)cc2)c1C. The first-order valence-corrected chi connectivity index (χ1v) is 9.12. The average molecular weight is 449 g/mol. The zero-order valence-electron chi connectivity index (χ0n) is 17.2. The number of ether oxygens (including phenoxy) is 3. The predicted molar refractivity (Wildman–Crippen MR) is 107 cm³/mol. The Morgan fingerprint density at radius 2 is 1.75 bits per heavy atom. The summed E-state index contributed by atoms with van der Waals surface area (Å²) in [5.41, 5.74) is 0.814. The van der Waals surface area contributed by atoms with Crippen LogP contribution in [0.15, 0.2) is 42.6 Å². The maximum atomic E-state index is 13.2. The number of benzene rings is 2. The van der Waals surface area contributed by atoms with Crippen LogP contribution in [0.4, 0.5) is 18.9 Å². The van der Waals surface area contributed by atoms with E-state index in [1.165, 1.54) is 42.3 Å². The summed E-state index contributed by atoms with van der Waals surface area (Å²) in [7, 11) is 2.33. The average Bonchev–Trinajstić information content (AvgIpc) is 3.15. The lowest BCUT2D eigenvalue weighted by atomic mass is 10.1. The van der Waals surface area contributed by atoms with Crippen LogP contribution in [0.25, 0.3) is 5.69 Å². The van der Waals surface area contributed by atoms with Crippen molar-refractivity contribution in [1.82, 2.24) is 9.78 Å². The van der Waals surface area contributed by atoms with Crippen LogP contribution >= 0.6 is 0 Å². The molecule has 11 heteroatoms. The molecule has 32 heavy (non-hydrogen) atoms. The minimum atomic E-state index is -3.16. The van der Waals surface area contributed by atoms with Gasteiger partial charge in [-0.2, -0.15) is 13.9 Å². The summed E-state index contributed by atoms with van der Waals surface area (Å²) >= 11 is 0. The number of alkyl halides is 2. The monoisotopic (exact) mass is 449 g/mol. The van der Waals surface area contributed by atoms with Crippen LogP contribution in [0.1, 0.15) is 26.4 Å². The van der Waals surface area contributed by atoms with Gasteiger partial charge in [-0.3, -0.25) is 4.79 Å². The Hall–Kier alpha value is -4.02. The molecule has 0 spiro atoms. The number of halogens is 3. The summed E-state index contributed by atoms with van der Waals surface area (Å²) in [4.78, 5) is 25.1. The molecule has 8 nitrogen and oxygen atoms in total. The third-order valence-electron chi connectivity index (χ3n) is 4.50. The van der Waals surface area contributed by atoms with E-state index >= 15 is 0 Å². The van der Waals surface area contributed by atoms with Gasteiger partial charge in [-0.25, -0.2) is 13.9 Å². The Labute approximate surface area is 180 Å². The van der Waals surface area contributed by atoms with Crippen molar-refractivity contribution in [3.63, 3.8) is 0 Å². The molecule has 3 aromatic rings. The quantitative estimate of drug-likeness (QED) is 0.549. The highest BCUT2D eigenvalue weighted by Gasteiger charge is 2.23. The van der Waals surface area contributed by atoms with E-state index < -0.39 is 24.3 Å². The highest BCUT2D eigenvalue weighted by Crippen LogP contribution is 2.35. The molecule has 3 rings (SSSR count). The molecule has 0 aliphatic rings. The van der Waals surface area contributed by atoms with E-state index in [0.29, 0.717) is 11.4 Å². The number of carbonyl (C=O) groups is 2. The van der Waals surface area contributed by atoms with Gasteiger partial charge in [0.25, 0.3) is 5.91 Å². The van der Waals surface area contributed by atoms with Crippen molar-refractivity contribution in [3.05, 3.63) is 65.2 Å². The Morgan fingerprint density at radius 1 is 1.06 bits per heavy atom. The fraction of sp³-hybridized carbons (Fsp3) is 0.190. The molecule has 0 aliphatic heterocycles. The Morgan fingerprint density at radius 3 is 2.34 bits per heavy atom. The third-order valence-corrected chi connectivity index (χ3v) is 4.50. The number of nitrogens with zero attached hydrogens (tertiary/aromatic N) is 2. The Kier molecular flexibility index (Phi) is 6.67. The number of esters is 1. The molecule has 168 valence electrons. The molecule has 0 saturated carbocycles. The normalized spacial score (nSPS) is 10.7. The standard InChI is InChI=1S/C21H18F3N3O5/c1-11-15(10-25-27(11)13-6-4-12(22)5-7-13)19(28)26-16-9-18(32-21(23)24)17(30-2)8-14(16)20(29)31-3/h4-10,21H,1-3H3,(H,26,28). The fourth-order valence-corrected chi connectivity index (χ4v) is 2.95. The number of anilines is 1. The van der Waals surface area contributed by atoms with Crippen molar-refractivity contribution in [1.29, 1.82) is 0 Å². The first-order valence-electron chi connectivity index (χ1n) is 9.12. The van der Waals surface area contributed by atoms with Crippen molar-refractivity contribution < 1.29 is 37.0 Å². The highest BCUT2D eigenvalue weighted by molar-refractivity contribution is 6.09. The Balaban J connectivity index is 1.97. The van der Waals surface area contributed by atoms with E-state index in [-0.39, 0.29) is 28.3 Å². The van der Waals surface area contributed by atoms with Crippen LogP contribution in [-0.2, 0) is 4.74 Å². The predicted octanol–water partition coefficient (Wildman–Crippen LogP) is 3.97. The zero-order chi connectivity index (χ0) is 23.4. The van der Waals surface area contributed by atoms with Crippen LogP contribution in [-0.4, -0.2) is 42.5 Å². The van der Waals surface area contributed by atoms with E-state index in [4.69, 9.17) is 9.47 Å². The molecule has 2 aromatic carbocycles. The van der Waals surface area contributed by atoms with Gasteiger partial charge in [-0.15, -0.1) is 0 Å². The molecule has 1 N–H and O–H groups in total. The molecule has 0 fully saturated rings. The van der Waals surface area contributed by atoms with Gasteiger partial charge in [0.15, 0.2) is 11.5 Å². The van der Waals surface area contributed by atoms with Gasteiger partial charge >= 0.3 is 12.6 Å². The van der Waals surface area contributed by atoms with E-state index in [9.17, 15) is 22.8 Å². The molecule has 1 heterocycles. The molecule has 0 unspecified atom stereocenters. The van der Waals surface area contributed by atoms with E-state index in [1.54, 1.807) is 6.92 Å². The van der Waals surface area contributed by atoms with Crippen LogP contribution in [0.5, 0.6) is 11.5 Å². The molecule has 1 amide bonds. The number of carbonyl (C=O) groups excluding carboxylic acids is 2. The van der Waals surface area contributed by atoms with E-state index in [1.807, 2.05) is 0 Å². The topological polar surface area (TPSA) is 91.7 Å². The van der Waals surface area contributed by atoms with Gasteiger partial charge in [0.1, 0.15) is 5.82 Å². The number of nitrogens with one attached hydrogen (secondary N) is 1. The molecule has 0 bridgehead atoms. The first kappa shape index (κ1) is 22.7. The lowest BCUT2D eigenvalue weighted by Gasteiger charge is -2.15. The summed E-state index contributed by atoms with van der Waals surface area (Å²) in [6.07, 6.45) is 1.28. The summed E-state index contributed by atoms with van der Waals surface area (Å²) in [6.45, 7) is -1.54. The number of hydrogen-bond donors (Lipinski definition) is 1. The summed E-state index contributed by atoms with van der Waals surface area (Å²) in [5, 5.41) is 6.62. The van der Waals surface area contributed by atoms with Crippen molar-refractivity contribution >= 4 is 17.6 Å². The minimum Gasteiger partial charge on any atom is -0.493 e. The largest absolute Gasteiger partial charge is 0.493 e. The van der Waals surface area contributed by atoms with E-state index in [2.05, 4.69) is 15.2 Å². The lowest BCUT2D eigenvalue weighted by Crippen LogP contribution is -2.17. The maximum Gasteiger partial charge on any atom is 0.387 e. The van der Waals surface area contributed by atoms with Gasteiger partial charge in [0, 0.05) is 12.1 Å². The van der Waals surface area contributed by atoms with Crippen LogP contribution in [0.3, 0.4) is 0 Å². The number of amides is 1. The second kappa shape index (κ2) is 9.41. The zero-order valence-corrected chi connectivity index (χ0v) is 17.2. The molecule has 0 saturated heterocycles.